The van der Waals surface area contributed by atoms with Crippen LogP contribution in [0, 0.1) is 11.8 Å². The Morgan fingerprint density at radius 1 is 0.911 bits per heavy atom. The van der Waals surface area contributed by atoms with Crippen LogP contribution in [0.4, 0.5) is 13.2 Å². The van der Waals surface area contributed by atoms with Crippen molar-refractivity contribution in [2.24, 2.45) is 11.8 Å². The van der Waals surface area contributed by atoms with Gasteiger partial charge in [-0.2, -0.15) is 13.2 Å². The number of halogens is 5. The SMILES string of the molecule is CC(C)(C)c1ccc(O[C@@H](Cc2ccc(OCCN3CC4C(NCc5cccc(C(F)(F)F)c5)[C@H]4C3)cc2)C(=O)O)cc1.Cl.Cl. The number of alkyl halides is 3. The molecule has 1 saturated carbocycles. The number of hydrogen-bond donors (Lipinski definition) is 2. The largest absolute Gasteiger partial charge is 0.492 e. The molecule has 2 aliphatic rings. The molecule has 1 aliphatic heterocycles. The molecule has 5 rings (SSSR count). The first-order valence-electron chi connectivity index (χ1n) is 14.7. The molecule has 0 amide bonds. The minimum absolute atomic E-state index is 0. The number of piperidine rings is 1. The van der Waals surface area contributed by atoms with Crippen molar-refractivity contribution in [3.63, 3.8) is 0 Å². The van der Waals surface area contributed by atoms with Crippen molar-refractivity contribution in [2.75, 3.05) is 26.2 Å². The van der Waals surface area contributed by atoms with Gasteiger partial charge in [0.2, 0.25) is 0 Å². The standard InChI is InChI=1S/C34H39F3N2O4.2ClH/c1-33(2,3)24-9-13-27(14-10-24)43-30(32(40)41)18-22-7-11-26(12-8-22)42-16-15-39-20-28-29(21-39)31(28)38-19-23-5-4-6-25(17-23)34(35,36)37;;/h4-14,17,28-31,38H,15-16,18-21H2,1-3H3,(H,40,41);2*1H/t28-,29?,30-,31?;;/m0../s1. The second-order valence-electron chi connectivity index (χ2n) is 12.6. The number of benzene rings is 3. The number of carboxylic acids is 1. The summed E-state index contributed by atoms with van der Waals surface area (Å²) in [4.78, 5) is 14.2. The van der Waals surface area contributed by atoms with Crippen LogP contribution < -0.4 is 14.8 Å². The molecule has 1 saturated heterocycles. The first-order chi connectivity index (χ1) is 20.4. The van der Waals surface area contributed by atoms with E-state index in [2.05, 4.69) is 31.0 Å². The molecular formula is C34H41Cl2F3N2O4. The fraction of sp³-hybridized carbons (Fsp3) is 0.441. The lowest BCUT2D eigenvalue weighted by Gasteiger charge is -2.20. The molecule has 6 nitrogen and oxygen atoms in total. The maximum Gasteiger partial charge on any atom is 0.416 e. The molecule has 0 spiro atoms. The van der Waals surface area contributed by atoms with Crippen molar-refractivity contribution >= 4 is 30.8 Å². The Kier molecular flexibility index (Phi) is 12.2. The van der Waals surface area contributed by atoms with Crippen LogP contribution in [0.1, 0.15) is 43.0 Å². The second-order valence-corrected chi connectivity index (χ2v) is 12.6. The summed E-state index contributed by atoms with van der Waals surface area (Å²) in [6, 6.07) is 20.8. The van der Waals surface area contributed by atoms with Gasteiger partial charge < -0.3 is 19.9 Å². The van der Waals surface area contributed by atoms with Crippen molar-refractivity contribution in [2.45, 2.75) is 57.5 Å². The van der Waals surface area contributed by atoms with Crippen LogP contribution in [0.2, 0.25) is 0 Å². The Bertz CT molecular complexity index is 1390. The quantitative estimate of drug-likeness (QED) is 0.216. The van der Waals surface area contributed by atoms with Gasteiger partial charge in [-0.3, -0.25) is 4.90 Å². The number of fused-ring (bicyclic) bond motifs is 1. The minimum Gasteiger partial charge on any atom is -0.492 e. The summed E-state index contributed by atoms with van der Waals surface area (Å²) in [6.07, 6.45) is -5.09. The first-order valence-corrected chi connectivity index (χ1v) is 14.7. The number of nitrogens with one attached hydrogen (secondary N) is 1. The number of likely N-dealkylation sites (tertiary alicyclic amines) is 1. The molecule has 1 heterocycles. The molecule has 1 aliphatic carbocycles. The van der Waals surface area contributed by atoms with Crippen LogP contribution in [-0.4, -0.2) is 54.4 Å². The summed E-state index contributed by atoms with van der Waals surface area (Å²) in [6.45, 7) is 10.0. The van der Waals surface area contributed by atoms with Gasteiger partial charge in [0.05, 0.1) is 5.56 Å². The highest BCUT2D eigenvalue weighted by Crippen LogP contribution is 2.45. The normalized spacial score (nSPS) is 19.9. The number of nitrogens with zero attached hydrogens (tertiary/aromatic N) is 1. The molecule has 0 aromatic heterocycles. The third-order valence-electron chi connectivity index (χ3n) is 8.36. The fourth-order valence-electron chi connectivity index (χ4n) is 5.80. The van der Waals surface area contributed by atoms with Crippen LogP contribution in [0.25, 0.3) is 0 Å². The van der Waals surface area contributed by atoms with Crippen LogP contribution in [0.3, 0.4) is 0 Å². The summed E-state index contributed by atoms with van der Waals surface area (Å²) in [5, 5.41) is 13.1. The van der Waals surface area contributed by atoms with E-state index < -0.39 is 23.8 Å². The van der Waals surface area contributed by atoms with E-state index in [0.29, 0.717) is 42.3 Å². The molecule has 45 heavy (non-hydrogen) atoms. The van der Waals surface area contributed by atoms with Gasteiger partial charge >= 0.3 is 12.1 Å². The van der Waals surface area contributed by atoms with E-state index in [0.717, 1.165) is 42.6 Å². The van der Waals surface area contributed by atoms with Crippen molar-refractivity contribution in [1.29, 1.82) is 0 Å². The van der Waals surface area contributed by atoms with Crippen molar-refractivity contribution in [3.8, 4) is 11.5 Å². The van der Waals surface area contributed by atoms with E-state index in [1.54, 1.807) is 6.07 Å². The van der Waals surface area contributed by atoms with Gasteiger partial charge in [0.15, 0.2) is 6.10 Å². The lowest BCUT2D eigenvalue weighted by atomic mass is 9.87. The second kappa shape index (κ2) is 15.1. The molecule has 2 fully saturated rings. The molecule has 3 aromatic rings. The highest BCUT2D eigenvalue weighted by Gasteiger charge is 2.55. The number of carboxylic acid groups (broad SMARTS) is 1. The Labute approximate surface area is 275 Å². The van der Waals surface area contributed by atoms with E-state index in [1.807, 2.05) is 48.5 Å². The molecule has 2 N–H and O–H groups in total. The molecule has 0 bridgehead atoms. The predicted molar refractivity (Wildman–Crippen MR) is 173 cm³/mol. The summed E-state index contributed by atoms with van der Waals surface area (Å²) in [5.74, 6) is 1.27. The predicted octanol–water partition coefficient (Wildman–Crippen LogP) is 7.02. The van der Waals surface area contributed by atoms with E-state index in [1.165, 1.54) is 12.1 Å². The van der Waals surface area contributed by atoms with Gasteiger partial charge in [0.25, 0.3) is 0 Å². The number of hydrogen-bond acceptors (Lipinski definition) is 5. The van der Waals surface area contributed by atoms with Gasteiger partial charge in [-0.05, 0) is 64.3 Å². The lowest BCUT2D eigenvalue weighted by molar-refractivity contribution is -0.145. The topological polar surface area (TPSA) is 71.0 Å². The average molecular weight is 670 g/mol. The minimum atomic E-state index is -4.32. The fourth-order valence-corrected chi connectivity index (χ4v) is 5.80. The molecule has 4 atom stereocenters. The van der Waals surface area contributed by atoms with E-state index in [-0.39, 0.29) is 36.6 Å². The van der Waals surface area contributed by atoms with E-state index >= 15 is 0 Å². The third kappa shape index (κ3) is 9.75. The number of ether oxygens (including phenoxy) is 2. The van der Waals surface area contributed by atoms with Gasteiger partial charge in [0.1, 0.15) is 18.1 Å². The monoisotopic (exact) mass is 668 g/mol. The molecule has 2 unspecified atom stereocenters. The van der Waals surface area contributed by atoms with Crippen molar-refractivity contribution < 1.29 is 32.5 Å². The van der Waals surface area contributed by atoms with Gasteiger partial charge in [-0.1, -0.05) is 63.2 Å². The molecular weight excluding hydrogens is 628 g/mol. The maximum atomic E-state index is 13.0. The van der Waals surface area contributed by atoms with Crippen molar-refractivity contribution in [1.82, 2.24) is 10.2 Å². The van der Waals surface area contributed by atoms with Crippen molar-refractivity contribution in [3.05, 3.63) is 95.1 Å². The Morgan fingerprint density at radius 3 is 2.11 bits per heavy atom. The van der Waals surface area contributed by atoms with Gasteiger partial charge in [0, 0.05) is 38.6 Å². The van der Waals surface area contributed by atoms with Crippen LogP contribution in [-0.2, 0) is 29.4 Å². The smallest absolute Gasteiger partial charge is 0.416 e. The highest BCUT2D eigenvalue weighted by molar-refractivity contribution is 5.85. The highest BCUT2D eigenvalue weighted by atomic mass is 35.5. The molecule has 0 radical (unpaired) electrons. The average Bonchev–Trinajstić information content (AvgIpc) is 3.41. The number of aliphatic carboxylic acids is 1. The zero-order chi connectivity index (χ0) is 30.8. The number of carbonyl (C=O) groups is 1. The van der Waals surface area contributed by atoms with E-state index in [4.69, 9.17) is 9.47 Å². The molecule has 11 heteroatoms. The zero-order valence-corrected chi connectivity index (χ0v) is 27.2. The Balaban J connectivity index is 0.00000276. The van der Waals surface area contributed by atoms with Crippen LogP contribution in [0.5, 0.6) is 11.5 Å². The van der Waals surface area contributed by atoms with Crippen LogP contribution in [0.15, 0.2) is 72.8 Å². The third-order valence-corrected chi connectivity index (χ3v) is 8.36. The summed E-state index contributed by atoms with van der Waals surface area (Å²) >= 11 is 0. The molecule has 3 aromatic carbocycles. The summed E-state index contributed by atoms with van der Waals surface area (Å²) in [5.41, 5.74) is 2.03. The van der Waals surface area contributed by atoms with Crippen LogP contribution >= 0.6 is 24.8 Å². The Hall–Kier alpha value is -2.98. The maximum absolute atomic E-state index is 13.0. The van der Waals surface area contributed by atoms with Gasteiger partial charge in [-0.25, -0.2) is 4.79 Å². The molecule has 246 valence electrons. The summed E-state index contributed by atoms with van der Waals surface area (Å²) < 4.78 is 50.6. The Morgan fingerprint density at radius 2 is 1.53 bits per heavy atom. The van der Waals surface area contributed by atoms with E-state index in [9.17, 15) is 23.1 Å². The number of rotatable bonds is 12. The summed E-state index contributed by atoms with van der Waals surface area (Å²) in [7, 11) is 0. The lowest BCUT2D eigenvalue weighted by Crippen LogP contribution is -2.33. The van der Waals surface area contributed by atoms with Gasteiger partial charge in [-0.15, -0.1) is 24.8 Å². The first kappa shape index (κ1) is 36.5. The zero-order valence-electron chi connectivity index (χ0n) is 25.5.